The number of anilines is 1. The van der Waals surface area contributed by atoms with Gasteiger partial charge in [0.15, 0.2) is 0 Å². The minimum Gasteiger partial charge on any atom is -0.477 e. The van der Waals surface area contributed by atoms with Crippen molar-refractivity contribution in [3.63, 3.8) is 0 Å². The van der Waals surface area contributed by atoms with Gasteiger partial charge in [-0.05, 0) is 12.1 Å². The number of amides is 2. The molecule has 0 aliphatic rings. The highest BCUT2D eigenvalue weighted by molar-refractivity contribution is 7.09. The summed E-state index contributed by atoms with van der Waals surface area (Å²) in [6.07, 6.45) is 2.94. The summed E-state index contributed by atoms with van der Waals surface area (Å²) in [6.45, 7) is 0.337. The highest BCUT2D eigenvalue weighted by Gasteiger charge is 2.06. The molecule has 0 saturated heterocycles. The number of carbonyl (C=O) groups excluding carboxylic acids is 1. The zero-order valence-electron chi connectivity index (χ0n) is 9.66. The topological polar surface area (TPSA) is 104 Å². The third kappa shape index (κ3) is 3.75. The Morgan fingerprint density at radius 3 is 2.74 bits per heavy atom. The van der Waals surface area contributed by atoms with Gasteiger partial charge < -0.3 is 15.7 Å². The van der Waals surface area contributed by atoms with E-state index in [1.807, 2.05) is 5.38 Å². The van der Waals surface area contributed by atoms with E-state index in [-0.39, 0.29) is 5.69 Å². The van der Waals surface area contributed by atoms with Gasteiger partial charge in [-0.2, -0.15) is 0 Å². The molecule has 0 spiro atoms. The molecule has 2 aromatic heterocycles. The Hall–Kier alpha value is -2.48. The number of hydrogen-bond acceptors (Lipinski definition) is 5. The number of carbonyl (C=O) groups is 2. The molecule has 0 unspecified atom stereocenters. The SMILES string of the molecule is O=C(NCc1nccs1)Nc1ccc(C(=O)O)nc1. The summed E-state index contributed by atoms with van der Waals surface area (Å²) in [4.78, 5) is 29.9. The fraction of sp³-hybridized carbons (Fsp3) is 0.0909. The molecule has 0 aliphatic heterocycles. The monoisotopic (exact) mass is 278 g/mol. The Bertz CT molecular complexity index is 568. The van der Waals surface area contributed by atoms with Crippen LogP contribution >= 0.6 is 11.3 Å². The minimum absolute atomic E-state index is 0.0752. The molecular formula is C11H10N4O3S. The summed E-state index contributed by atoms with van der Waals surface area (Å²) in [5, 5.41) is 16.5. The first-order valence-electron chi connectivity index (χ1n) is 5.28. The second-order valence-electron chi connectivity index (χ2n) is 3.47. The lowest BCUT2D eigenvalue weighted by Crippen LogP contribution is -2.28. The van der Waals surface area contributed by atoms with Crippen molar-refractivity contribution >= 4 is 29.0 Å². The first kappa shape index (κ1) is 13.0. The minimum atomic E-state index is -1.11. The third-order valence-electron chi connectivity index (χ3n) is 2.12. The van der Waals surface area contributed by atoms with Crippen molar-refractivity contribution in [2.24, 2.45) is 0 Å². The maximum absolute atomic E-state index is 11.5. The summed E-state index contributed by atoms with van der Waals surface area (Å²) in [7, 11) is 0. The predicted molar refractivity (Wildman–Crippen MR) is 69.2 cm³/mol. The normalized spacial score (nSPS) is 9.89. The van der Waals surface area contributed by atoms with E-state index in [1.54, 1.807) is 6.20 Å². The third-order valence-corrected chi connectivity index (χ3v) is 2.90. The number of hydrogen-bond donors (Lipinski definition) is 3. The number of thiazole rings is 1. The Balaban J connectivity index is 1.86. The van der Waals surface area contributed by atoms with Gasteiger partial charge in [0.25, 0.3) is 0 Å². The van der Waals surface area contributed by atoms with Gasteiger partial charge in [-0.3, -0.25) is 0 Å². The van der Waals surface area contributed by atoms with Gasteiger partial charge in [0.2, 0.25) is 0 Å². The molecule has 0 bridgehead atoms. The number of nitrogens with one attached hydrogen (secondary N) is 2. The van der Waals surface area contributed by atoms with E-state index in [2.05, 4.69) is 20.6 Å². The molecule has 0 fully saturated rings. The molecule has 0 aromatic carbocycles. The van der Waals surface area contributed by atoms with Crippen molar-refractivity contribution in [3.05, 3.63) is 40.6 Å². The summed E-state index contributed by atoms with van der Waals surface area (Å²) >= 11 is 1.45. The number of rotatable bonds is 4. The summed E-state index contributed by atoms with van der Waals surface area (Å²) in [5.74, 6) is -1.11. The average Bonchev–Trinajstić information content (AvgIpc) is 2.90. The summed E-state index contributed by atoms with van der Waals surface area (Å²) in [5.41, 5.74) is 0.343. The van der Waals surface area contributed by atoms with Gasteiger partial charge in [0, 0.05) is 11.6 Å². The first-order chi connectivity index (χ1) is 9.15. The van der Waals surface area contributed by atoms with Gasteiger partial charge in [0.1, 0.15) is 10.7 Å². The van der Waals surface area contributed by atoms with Crippen LogP contribution in [0, 0.1) is 0 Å². The van der Waals surface area contributed by atoms with Crippen LogP contribution in [-0.4, -0.2) is 27.1 Å². The van der Waals surface area contributed by atoms with Crippen molar-refractivity contribution < 1.29 is 14.7 Å². The molecule has 2 heterocycles. The van der Waals surface area contributed by atoms with E-state index in [9.17, 15) is 9.59 Å². The first-order valence-corrected chi connectivity index (χ1v) is 6.15. The molecule has 98 valence electrons. The second-order valence-corrected chi connectivity index (χ2v) is 4.45. The predicted octanol–water partition coefficient (Wildman–Crippen LogP) is 1.56. The van der Waals surface area contributed by atoms with Crippen molar-refractivity contribution in [2.45, 2.75) is 6.54 Å². The van der Waals surface area contributed by atoms with E-state index >= 15 is 0 Å². The van der Waals surface area contributed by atoms with E-state index < -0.39 is 12.0 Å². The zero-order valence-corrected chi connectivity index (χ0v) is 10.5. The molecule has 0 atom stereocenters. The smallest absolute Gasteiger partial charge is 0.354 e. The lowest BCUT2D eigenvalue weighted by atomic mass is 10.3. The number of carboxylic acid groups (broad SMARTS) is 1. The van der Waals surface area contributed by atoms with Crippen molar-refractivity contribution in [2.75, 3.05) is 5.32 Å². The fourth-order valence-corrected chi connectivity index (χ4v) is 1.82. The number of pyridine rings is 1. The Morgan fingerprint density at radius 2 is 2.16 bits per heavy atom. The largest absolute Gasteiger partial charge is 0.477 e. The maximum Gasteiger partial charge on any atom is 0.354 e. The van der Waals surface area contributed by atoms with Crippen LogP contribution in [0.2, 0.25) is 0 Å². The van der Waals surface area contributed by atoms with Crippen molar-refractivity contribution in [1.29, 1.82) is 0 Å². The van der Waals surface area contributed by atoms with Crippen LogP contribution in [0.4, 0.5) is 10.5 Å². The number of nitrogens with zero attached hydrogens (tertiary/aromatic N) is 2. The van der Waals surface area contributed by atoms with Gasteiger partial charge in [-0.1, -0.05) is 0 Å². The number of urea groups is 1. The second kappa shape index (κ2) is 5.91. The van der Waals surface area contributed by atoms with Crippen LogP contribution in [0.3, 0.4) is 0 Å². The lowest BCUT2D eigenvalue weighted by molar-refractivity contribution is 0.0690. The van der Waals surface area contributed by atoms with E-state index in [4.69, 9.17) is 5.11 Å². The molecule has 19 heavy (non-hydrogen) atoms. The highest BCUT2D eigenvalue weighted by Crippen LogP contribution is 2.06. The van der Waals surface area contributed by atoms with Crippen molar-refractivity contribution in [3.8, 4) is 0 Å². The molecule has 2 amide bonds. The molecule has 2 rings (SSSR count). The Kier molecular flexibility index (Phi) is 4.04. The summed E-state index contributed by atoms with van der Waals surface area (Å²) < 4.78 is 0. The fourth-order valence-electron chi connectivity index (χ4n) is 1.27. The van der Waals surface area contributed by atoms with Crippen LogP contribution in [0.1, 0.15) is 15.5 Å². The zero-order chi connectivity index (χ0) is 13.7. The summed E-state index contributed by atoms with van der Waals surface area (Å²) in [6, 6.07) is 2.39. The Morgan fingerprint density at radius 1 is 1.32 bits per heavy atom. The van der Waals surface area contributed by atoms with E-state index in [1.165, 1.54) is 29.7 Å². The maximum atomic E-state index is 11.5. The van der Waals surface area contributed by atoms with Crippen molar-refractivity contribution in [1.82, 2.24) is 15.3 Å². The van der Waals surface area contributed by atoms with Gasteiger partial charge in [-0.25, -0.2) is 19.6 Å². The number of carboxylic acids is 1. The molecule has 3 N–H and O–H groups in total. The number of aromatic nitrogens is 2. The van der Waals surface area contributed by atoms with Crippen LogP contribution in [0.5, 0.6) is 0 Å². The average molecular weight is 278 g/mol. The highest BCUT2D eigenvalue weighted by atomic mass is 32.1. The van der Waals surface area contributed by atoms with E-state index in [0.29, 0.717) is 12.2 Å². The van der Waals surface area contributed by atoms with Crippen LogP contribution in [0.15, 0.2) is 29.9 Å². The molecular weight excluding hydrogens is 268 g/mol. The van der Waals surface area contributed by atoms with Gasteiger partial charge in [-0.15, -0.1) is 11.3 Å². The molecule has 0 radical (unpaired) electrons. The molecule has 8 heteroatoms. The van der Waals surface area contributed by atoms with Gasteiger partial charge in [0.05, 0.1) is 18.4 Å². The molecule has 0 saturated carbocycles. The molecule has 7 nitrogen and oxygen atoms in total. The Labute approximate surface area is 112 Å². The molecule has 0 aliphatic carbocycles. The number of aromatic carboxylic acids is 1. The van der Waals surface area contributed by atoms with Crippen LogP contribution < -0.4 is 10.6 Å². The standard InChI is InChI=1S/C11H10N4O3S/c16-10(17)8-2-1-7(5-13-8)15-11(18)14-6-9-12-3-4-19-9/h1-5H,6H2,(H,16,17)(H2,14,15,18). The lowest BCUT2D eigenvalue weighted by Gasteiger charge is -2.06. The van der Waals surface area contributed by atoms with Gasteiger partial charge >= 0.3 is 12.0 Å². The van der Waals surface area contributed by atoms with Crippen LogP contribution in [-0.2, 0) is 6.54 Å². The van der Waals surface area contributed by atoms with E-state index in [0.717, 1.165) is 5.01 Å². The quantitative estimate of drug-likeness (QED) is 0.787. The van der Waals surface area contributed by atoms with Crippen LogP contribution in [0.25, 0.3) is 0 Å². The molecule has 2 aromatic rings.